The number of hydrogen-bond acceptors (Lipinski definition) is 3. The number of rotatable bonds is 5. The second-order valence-corrected chi connectivity index (χ2v) is 8.22. The van der Waals surface area contributed by atoms with Gasteiger partial charge in [0.05, 0.1) is 5.52 Å². The molecule has 0 unspecified atom stereocenters. The molecule has 160 valence electrons. The Balaban J connectivity index is 1.81. The molecule has 1 aliphatic rings. The van der Waals surface area contributed by atoms with E-state index in [1.165, 1.54) is 16.7 Å². The largest absolute Gasteiger partial charge is 0.339 e. The normalized spacial score (nSPS) is 14.6. The molecule has 0 N–H and O–H groups in total. The molecule has 0 aliphatic carbocycles. The summed E-state index contributed by atoms with van der Waals surface area (Å²) in [5.41, 5.74) is 6.87. The van der Waals surface area contributed by atoms with E-state index in [0.29, 0.717) is 0 Å². The van der Waals surface area contributed by atoms with Crippen molar-refractivity contribution in [2.45, 2.75) is 26.7 Å². The lowest BCUT2D eigenvalue weighted by molar-refractivity contribution is 0.0773. The van der Waals surface area contributed by atoms with Gasteiger partial charge in [-0.3, -0.25) is 9.78 Å². The number of fused-ring (bicyclic) bond motifs is 1. The van der Waals surface area contributed by atoms with E-state index < -0.39 is 0 Å². The number of hydrogen-bond donors (Lipinski definition) is 0. The average molecular weight is 414 g/mol. The molecule has 0 spiro atoms. The lowest BCUT2D eigenvalue weighted by Gasteiger charge is -2.27. The zero-order valence-corrected chi connectivity index (χ0v) is 18.8. The van der Waals surface area contributed by atoms with Crippen LogP contribution in [0.3, 0.4) is 0 Å². The maximum absolute atomic E-state index is 12.8. The summed E-state index contributed by atoms with van der Waals surface area (Å²) in [7, 11) is 2.18. The second kappa shape index (κ2) is 9.44. The Morgan fingerprint density at radius 3 is 2.26 bits per heavy atom. The van der Waals surface area contributed by atoms with Crippen molar-refractivity contribution in [2.24, 2.45) is 0 Å². The molecule has 0 bridgehead atoms. The van der Waals surface area contributed by atoms with E-state index in [2.05, 4.69) is 48.3 Å². The van der Waals surface area contributed by atoms with Gasteiger partial charge in [-0.1, -0.05) is 42.0 Å². The van der Waals surface area contributed by atoms with Crippen LogP contribution in [0.25, 0.3) is 16.5 Å². The molecule has 0 saturated carbocycles. The topological polar surface area (TPSA) is 36.4 Å². The number of carbonyl (C=O) groups is 1. The molecule has 1 saturated heterocycles. The predicted molar refractivity (Wildman–Crippen MR) is 128 cm³/mol. The van der Waals surface area contributed by atoms with Gasteiger partial charge < -0.3 is 9.80 Å². The molecular weight excluding hydrogens is 382 g/mol. The smallest absolute Gasteiger partial charge is 0.253 e. The minimum Gasteiger partial charge on any atom is -0.339 e. The van der Waals surface area contributed by atoms with Crippen LogP contribution in [0.5, 0.6) is 0 Å². The summed E-state index contributed by atoms with van der Waals surface area (Å²) in [6.45, 7) is 7.62. The zero-order chi connectivity index (χ0) is 21.8. The zero-order valence-electron chi connectivity index (χ0n) is 18.8. The number of likely N-dealkylation sites (tertiary alicyclic amines) is 1. The van der Waals surface area contributed by atoms with Crippen molar-refractivity contribution in [1.82, 2.24) is 14.8 Å². The number of carbonyl (C=O) groups excluding carboxylic acids is 1. The highest BCUT2D eigenvalue weighted by Gasteiger charge is 2.20. The van der Waals surface area contributed by atoms with Crippen molar-refractivity contribution in [3.05, 3.63) is 83.1 Å². The van der Waals surface area contributed by atoms with E-state index in [9.17, 15) is 4.79 Å². The van der Waals surface area contributed by atoms with E-state index in [1.54, 1.807) is 0 Å². The first-order valence-corrected chi connectivity index (χ1v) is 11.3. The predicted octanol–water partition coefficient (Wildman–Crippen LogP) is 5.24. The molecule has 2 aromatic carbocycles. The van der Waals surface area contributed by atoms with Crippen LogP contribution in [0, 0.1) is 0 Å². The Bertz CT molecular complexity index is 1080. The standard InChI is InChI=1S/C27H31N3O/c1-4-30(5-2)27(31)23-13-11-20(12-14-23)25(21-15-18-29(3)19-16-21)24-10-6-8-22-9-7-17-28-26(22)24/h6-14,17H,4-5,15-16,18-19H2,1-3H3. The van der Waals surface area contributed by atoms with Crippen LogP contribution in [-0.4, -0.2) is 53.9 Å². The van der Waals surface area contributed by atoms with Crippen LogP contribution < -0.4 is 0 Å². The molecular formula is C27H31N3O. The molecule has 31 heavy (non-hydrogen) atoms. The summed E-state index contributed by atoms with van der Waals surface area (Å²) in [4.78, 5) is 21.7. The van der Waals surface area contributed by atoms with Gasteiger partial charge in [0.25, 0.3) is 5.91 Å². The monoisotopic (exact) mass is 413 g/mol. The van der Waals surface area contributed by atoms with Crippen molar-refractivity contribution < 1.29 is 4.79 Å². The van der Waals surface area contributed by atoms with E-state index >= 15 is 0 Å². The first kappa shape index (κ1) is 21.3. The molecule has 0 atom stereocenters. The quantitative estimate of drug-likeness (QED) is 0.574. The van der Waals surface area contributed by atoms with Gasteiger partial charge in [-0.15, -0.1) is 0 Å². The summed E-state index contributed by atoms with van der Waals surface area (Å²) in [6.07, 6.45) is 3.97. The van der Waals surface area contributed by atoms with Crippen LogP contribution in [0.15, 0.2) is 66.4 Å². The van der Waals surface area contributed by atoms with E-state index in [4.69, 9.17) is 4.98 Å². The van der Waals surface area contributed by atoms with Crippen molar-refractivity contribution in [2.75, 3.05) is 33.2 Å². The third kappa shape index (κ3) is 4.40. The van der Waals surface area contributed by atoms with E-state index in [-0.39, 0.29) is 5.91 Å². The Labute approximate surface area is 185 Å². The van der Waals surface area contributed by atoms with Crippen molar-refractivity contribution in [3.8, 4) is 0 Å². The van der Waals surface area contributed by atoms with Gasteiger partial charge in [-0.2, -0.15) is 0 Å². The SMILES string of the molecule is CCN(CC)C(=O)c1ccc(C(=C2CCN(C)CC2)c2cccc3cccnc23)cc1. The van der Waals surface area contributed by atoms with Gasteiger partial charge in [0.2, 0.25) is 0 Å². The van der Waals surface area contributed by atoms with Crippen molar-refractivity contribution in [3.63, 3.8) is 0 Å². The van der Waals surface area contributed by atoms with E-state index in [0.717, 1.165) is 61.1 Å². The highest BCUT2D eigenvalue weighted by molar-refractivity contribution is 5.98. The molecule has 4 rings (SSSR count). The number of pyridine rings is 1. The number of benzene rings is 2. The summed E-state index contributed by atoms with van der Waals surface area (Å²) in [5, 5.41) is 1.15. The van der Waals surface area contributed by atoms with Gasteiger partial charge in [0.15, 0.2) is 0 Å². The maximum atomic E-state index is 12.8. The van der Waals surface area contributed by atoms with Crippen LogP contribution >= 0.6 is 0 Å². The highest BCUT2D eigenvalue weighted by atomic mass is 16.2. The fraction of sp³-hybridized carbons (Fsp3) is 0.333. The first-order chi connectivity index (χ1) is 15.1. The number of amides is 1. The average Bonchev–Trinajstić information content (AvgIpc) is 2.82. The molecule has 3 aromatic rings. The lowest BCUT2D eigenvalue weighted by Crippen LogP contribution is -2.30. The molecule has 4 heteroatoms. The molecule has 1 aromatic heterocycles. The molecule has 4 nitrogen and oxygen atoms in total. The number of aromatic nitrogens is 1. The Kier molecular flexibility index (Phi) is 6.47. The molecule has 0 radical (unpaired) electrons. The van der Waals surface area contributed by atoms with Crippen molar-refractivity contribution >= 4 is 22.4 Å². The number of nitrogens with zero attached hydrogens (tertiary/aromatic N) is 3. The summed E-state index contributed by atoms with van der Waals surface area (Å²) < 4.78 is 0. The molecule has 2 heterocycles. The van der Waals surface area contributed by atoms with Crippen LogP contribution in [0.4, 0.5) is 0 Å². The van der Waals surface area contributed by atoms with Crippen molar-refractivity contribution in [1.29, 1.82) is 0 Å². The number of para-hydroxylation sites is 1. The van der Waals surface area contributed by atoms with Gasteiger partial charge in [-0.05, 0) is 63.1 Å². The fourth-order valence-corrected chi connectivity index (χ4v) is 4.47. The second-order valence-electron chi connectivity index (χ2n) is 8.22. The Morgan fingerprint density at radius 2 is 1.58 bits per heavy atom. The minimum atomic E-state index is 0.0943. The molecule has 1 aliphatic heterocycles. The lowest BCUT2D eigenvalue weighted by atomic mass is 9.87. The van der Waals surface area contributed by atoms with E-state index in [1.807, 2.05) is 43.1 Å². The van der Waals surface area contributed by atoms with Gasteiger partial charge in [-0.25, -0.2) is 0 Å². The summed E-state index contributed by atoms with van der Waals surface area (Å²) in [5.74, 6) is 0.0943. The summed E-state index contributed by atoms with van der Waals surface area (Å²) in [6, 6.07) is 18.7. The third-order valence-electron chi connectivity index (χ3n) is 6.32. The van der Waals surface area contributed by atoms with Crippen LogP contribution in [0.1, 0.15) is 48.2 Å². The third-order valence-corrected chi connectivity index (χ3v) is 6.32. The fourth-order valence-electron chi connectivity index (χ4n) is 4.47. The summed E-state index contributed by atoms with van der Waals surface area (Å²) >= 11 is 0. The molecule has 1 fully saturated rings. The Hall–Kier alpha value is -2.98. The van der Waals surface area contributed by atoms with Crippen LogP contribution in [0.2, 0.25) is 0 Å². The van der Waals surface area contributed by atoms with Gasteiger partial charge in [0, 0.05) is 48.9 Å². The minimum absolute atomic E-state index is 0.0943. The van der Waals surface area contributed by atoms with Gasteiger partial charge in [0.1, 0.15) is 0 Å². The van der Waals surface area contributed by atoms with Gasteiger partial charge >= 0.3 is 0 Å². The Morgan fingerprint density at radius 1 is 0.935 bits per heavy atom. The first-order valence-electron chi connectivity index (χ1n) is 11.3. The molecule has 1 amide bonds. The maximum Gasteiger partial charge on any atom is 0.253 e. The highest BCUT2D eigenvalue weighted by Crippen LogP contribution is 2.35. The number of piperidine rings is 1. The van der Waals surface area contributed by atoms with Crippen LogP contribution in [-0.2, 0) is 0 Å².